The molecule has 1 aromatic rings. The van der Waals surface area contributed by atoms with Crippen LogP contribution in [0.5, 0.6) is 0 Å². The van der Waals surface area contributed by atoms with Gasteiger partial charge in [-0.15, -0.1) is 0 Å². The van der Waals surface area contributed by atoms with E-state index in [1.807, 2.05) is 0 Å². The number of hydrogen-bond acceptors (Lipinski definition) is 5. The second kappa shape index (κ2) is 6.38. The smallest absolute Gasteiger partial charge is 0.460 e. The number of carbonyl (C=O) groups is 1. The molecule has 0 atom stereocenters. The number of anilines is 1. The van der Waals surface area contributed by atoms with Crippen molar-refractivity contribution in [2.24, 2.45) is 0 Å². The van der Waals surface area contributed by atoms with Gasteiger partial charge in [-0.25, -0.2) is 8.42 Å². The van der Waals surface area contributed by atoms with E-state index in [2.05, 4.69) is 0 Å². The molecule has 130 valence electrons. The first-order valence-electron chi connectivity index (χ1n) is 6.65. The number of carbonyl (C=O) groups excluding carboxylic acids is 1. The predicted molar refractivity (Wildman–Crippen MR) is 78.3 cm³/mol. The molecule has 9 heteroatoms. The van der Waals surface area contributed by atoms with Gasteiger partial charge in [0, 0.05) is 12.1 Å². The summed E-state index contributed by atoms with van der Waals surface area (Å²) in [4.78, 5) is 10.7. The van der Waals surface area contributed by atoms with Gasteiger partial charge in [-0.3, -0.25) is 4.79 Å². The zero-order chi connectivity index (χ0) is 18.1. The summed E-state index contributed by atoms with van der Waals surface area (Å²) in [6, 6.07) is 2.97. The summed E-state index contributed by atoms with van der Waals surface area (Å²) < 4.78 is 66.3. The van der Waals surface area contributed by atoms with Crippen LogP contribution in [0, 0.1) is 0 Å². The van der Waals surface area contributed by atoms with Crippen molar-refractivity contribution in [1.29, 1.82) is 0 Å². The maximum Gasteiger partial charge on any atom is 0.501 e. The van der Waals surface area contributed by atoms with Crippen molar-refractivity contribution in [2.45, 2.75) is 49.6 Å². The molecule has 0 amide bonds. The number of benzene rings is 1. The van der Waals surface area contributed by atoms with E-state index in [-0.39, 0.29) is 24.1 Å². The molecule has 1 rings (SSSR count). The largest absolute Gasteiger partial charge is 0.501 e. The molecule has 0 bridgehead atoms. The van der Waals surface area contributed by atoms with Crippen molar-refractivity contribution < 1.29 is 31.1 Å². The molecule has 0 aliphatic heterocycles. The van der Waals surface area contributed by atoms with Gasteiger partial charge < -0.3 is 10.5 Å². The van der Waals surface area contributed by atoms with E-state index in [1.165, 1.54) is 0 Å². The highest BCUT2D eigenvalue weighted by Gasteiger charge is 2.47. The van der Waals surface area contributed by atoms with Crippen molar-refractivity contribution in [2.75, 3.05) is 5.73 Å². The van der Waals surface area contributed by atoms with Gasteiger partial charge in [-0.2, -0.15) is 13.2 Å². The lowest BCUT2D eigenvalue weighted by Crippen LogP contribution is -2.25. The standard InChI is InChI=1S/C14H18F3NO4S/c1-13(2,3)22-12(19)7-4-9-8-10(18)5-6-11(9)23(20,21)14(15,16)17/h5-6,8H,4,7,18H2,1-3H3. The van der Waals surface area contributed by atoms with E-state index in [1.54, 1.807) is 20.8 Å². The number of ether oxygens (including phenoxy) is 1. The van der Waals surface area contributed by atoms with Crippen LogP contribution in [0.4, 0.5) is 18.9 Å². The summed E-state index contributed by atoms with van der Waals surface area (Å²) in [5.41, 5.74) is -0.744. The number of alkyl halides is 3. The lowest BCUT2D eigenvalue weighted by Gasteiger charge is -2.19. The predicted octanol–water partition coefficient (Wildman–Crippen LogP) is 2.84. The molecule has 0 saturated heterocycles. The number of rotatable bonds is 4. The highest BCUT2D eigenvalue weighted by molar-refractivity contribution is 7.92. The minimum Gasteiger partial charge on any atom is -0.460 e. The first-order chi connectivity index (χ1) is 10.2. The van der Waals surface area contributed by atoms with Gasteiger partial charge in [0.15, 0.2) is 0 Å². The first kappa shape index (κ1) is 19.3. The molecular weight excluding hydrogens is 335 g/mol. The molecule has 0 heterocycles. The molecular formula is C14H18F3NO4S. The molecule has 0 fully saturated rings. The van der Waals surface area contributed by atoms with Gasteiger partial charge in [0.05, 0.1) is 4.90 Å². The molecule has 2 N–H and O–H groups in total. The molecule has 0 spiro atoms. The average molecular weight is 353 g/mol. The Kier molecular flexibility index (Phi) is 5.35. The van der Waals surface area contributed by atoms with Gasteiger partial charge in [0.25, 0.3) is 9.84 Å². The zero-order valence-corrected chi connectivity index (χ0v) is 13.7. The van der Waals surface area contributed by atoms with E-state index in [0.29, 0.717) is 0 Å². The van der Waals surface area contributed by atoms with Crippen LogP contribution in [0.15, 0.2) is 23.1 Å². The molecule has 23 heavy (non-hydrogen) atoms. The van der Waals surface area contributed by atoms with Crippen LogP contribution in [0.25, 0.3) is 0 Å². The van der Waals surface area contributed by atoms with Crippen LogP contribution in [0.2, 0.25) is 0 Å². The number of halogens is 3. The number of sulfone groups is 1. The average Bonchev–Trinajstić information content (AvgIpc) is 2.32. The van der Waals surface area contributed by atoms with Crippen LogP contribution < -0.4 is 5.73 Å². The van der Waals surface area contributed by atoms with E-state index < -0.39 is 31.8 Å². The Morgan fingerprint density at radius 2 is 1.78 bits per heavy atom. The fourth-order valence-corrected chi connectivity index (χ4v) is 2.81. The summed E-state index contributed by atoms with van der Waals surface area (Å²) in [6.45, 7) is 4.93. The molecule has 0 radical (unpaired) electrons. The quantitative estimate of drug-likeness (QED) is 0.664. The van der Waals surface area contributed by atoms with Crippen LogP contribution in [0.1, 0.15) is 32.8 Å². The Bertz CT molecular complexity index is 691. The fraction of sp³-hybridized carbons (Fsp3) is 0.500. The SMILES string of the molecule is CC(C)(C)OC(=O)CCc1cc(N)ccc1S(=O)(=O)C(F)(F)F. The fourth-order valence-electron chi connectivity index (χ4n) is 1.81. The van der Waals surface area contributed by atoms with Crippen molar-refractivity contribution in [3.63, 3.8) is 0 Å². The molecule has 5 nitrogen and oxygen atoms in total. The number of aryl methyl sites for hydroxylation is 1. The zero-order valence-electron chi connectivity index (χ0n) is 12.9. The number of esters is 1. The Morgan fingerprint density at radius 3 is 2.26 bits per heavy atom. The van der Waals surface area contributed by atoms with Gasteiger partial charge in [-0.1, -0.05) is 0 Å². The van der Waals surface area contributed by atoms with E-state index >= 15 is 0 Å². The van der Waals surface area contributed by atoms with E-state index in [0.717, 1.165) is 18.2 Å². The number of hydrogen-bond donors (Lipinski definition) is 1. The Hall–Kier alpha value is -1.77. The van der Waals surface area contributed by atoms with E-state index in [4.69, 9.17) is 10.5 Å². The summed E-state index contributed by atoms with van der Waals surface area (Å²) in [5.74, 6) is -0.643. The first-order valence-corrected chi connectivity index (χ1v) is 8.14. The second-order valence-electron chi connectivity index (χ2n) is 5.90. The third kappa shape index (κ3) is 5.12. The Balaban J connectivity index is 3.09. The minimum absolute atomic E-state index is 0.102. The molecule has 0 saturated carbocycles. The van der Waals surface area contributed by atoms with Crippen LogP contribution in [-0.2, 0) is 25.8 Å². The number of nitrogens with two attached hydrogens (primary N) is 1. The van der Waals surface area contributed by atoms with Crippen molar-refractivity contribution >= 4 is 21.5 Å². The van der Waals surface area contributed by atoms with Crippen molar-refractivity contribution in [3.05, 3.63) is 23.8 Å². The van der Waals surface area contributed by atoms with Crippen LogP contribution in [-0.4, -0.2) is 25.5 Å². The van der Waals surface area contributed by atoms with Crippen molar-refractivity contribution in [1.82, 2.24) is 0 Å². The summed E-state index contributed by atoms with van der Waals surface area (Å²) in [5, 5.41) is 0. The van der Waals surface area contributed by atoms with Crippen LogP contribution >= 0.6 is 0 Å². The number of nitrogen functional groups attached to an aromatic ring is 1. The summed E-state index contributed by atoms with van der Waals surface area (Å²) in [6.07, 6.45) is -0.494. The highest BCUT2D eigenvalue weighted by Crippen LogP contribution is 2.33. The third-order valence-corrected chi connectivity index (χ3v) is 4.28. The second-order valence-corrected chi connectivity index (χ2v) is 7.81. The maximum atomic E-state index is 12.7. The van der Waals surface area contributed by atoms with Gasteiger partial charge in [-0.05, 0) is 51.0 Å². The third-order valence-electron chi connectivity index (χ3n) is 2.70. The monoisotopic (exact) mass is 353 g/mol. The molecule has 1 aromatic carbocycles. The van der Waals surface area contributed by atoms with Crippen LogP contribution in [0.3, 0.4) is 0 Å². The lowest BCUT2D eigenvalue weighted by atomic mass is 10.1. The van der Waals surface area contributed by atoms with Crippen molar-refractivity contribution in [3.8, 4) is 0 Å². The maximum absolute atomic E-state index is 12.7. The normalized spacial score (nSPS) is 13.0. The lowest BCUT2D eigenvalue weighted by molar-refractivity contribution is -0.154. The summed E-state index contributed by atoms with van der Waals surface area (Å²) >= 11 is 0. The topological polar surface area (TPSA) is 86.5 Å². The minimum atomic E-state index is -5.51. The Morgan fingerprint density at radius 1 is 1.22 bits per heavy atom. The van der Waals surface area contributed by atoms with E-state index in [9.17, 15) is 26.4 Å². The molecule has 0 unspecified atom stereocenters. The molecule has 0 aliphatic carbocycles. The summed E-state index contributed by atoms with van der Waals surface area (Å²) in [7, 11) is -5.51. The van der Waals surface area contributed by atoms with Gasteiger partial charge in [0.1, 0.15) is 5.60 Å². The molecule has 0 aromatic heterocycles. The Labute approximate surface area is 132 Å². The molecule has 0 aliphatic rings. The van der Waals surface area contributed by atoms with Gasteiger partial charge in [0.2, 0.25) is 0 Å². The van der Waals surface area contributed by atoms with Gasteiger partial charge >= 0.3 is 11.5 Å². The highest BCUT2D eigenvalue weighted by atomic mass is 32.2.